The van der Waals surface area contributed by atoms with E-state index < -0.39 is 5.79 Å². The number of hydrogen-bond donors (Lipinski definition) is 0. The fourth-order valence-corrected chi connectivity index (χ4v) is 4.05. The monoisotopic (exact) mass is 402 g/mol. The third-order valence-electron chi connectivity index (χ3n) is 5.32. The van der Waals surface area contributed by atoms with Crippen LogP contribution in [0.1, 0.15) is 37.3 Å². The Morgan fingerprint density at radius 1 is 0.931 bits per heavy atom. The van der Waals surface area contributed by atoms with Crippen molar-refractivity contribution in [2.45, 2.75) is 32.0 Å². The van der Waals surface area contributed by atoms with Gasteiger partial charge in [-0.3, -0.25) is 0 Å². The maximum Gasteiger partial charge on any atom is 0.231 e. The van der Waals surface area contributed by atoms with Crippen molar-refractivity contribution in [3.63, 3.8) is 0 Å². The SMILES string of the molecule is CCO[C@]1(C)C[C@@H](c2cc(OC)c(OC)c(OC)c2)c2cc3c(cc2O1)OCO3. The number of rotatable bonds is 6. The van der Waals surface area contributed by atoms with E-state index in [1.165, 1.54) is 0 Å². The van der Waals surface area contributed by atoms with Crippen LogP contribution in [-0.4, -0.2) is 40.5 Å². The summed E-state index contributed by atoms with van der Waals surface area (Å²) in [6.45, 7) is 4.65. The summed E-state index contributed by atoms with van der Waals surface area (Å²) in [6, 6.07) is 7.80. The third kappa shape index (κ3) is 3.40. The van der Waals surface area contributed by atoms with Gasteiger partial charge in [0.05, 0.1) is 21.3 Å². The minimum atomic E-state index is -0.777. The molecule has 0 amide bonds. The van der Waals surface area contributed by atoms with E-state index in [1.807, 2.05) is 38.1 Å². The molecule has 2 aromatic rings. The van der Waals surface area contributed by atoms with Crippen molar-refractivity contribution in [2.75, 3.05) is 34.7 Å². The van der Waals surface area contributed by atoms with Crippen molar-refractivity contribution in [3.8, 4) is 34.5 Å². The molecule has 0 spiro atoms. The molecule has 2 aliphatic rings. The van der Waals surface area contributed by atoms with Crippen LogP contribution in [0.15, 0.2) is 24.3 Å². The summed E-state index contributed by atoms with van der Waals surface area (Å²) < 4.78 is 40.0. The first-order chi connectivity index (χ1) is 14.0. The lowest BCUT2D eigenvalue weighted by Crippen LogP contribution is -2.41. The maximum absolute atomic E-state index is 6.25. The molecule has 7 nitrogen and oxygen atoms in total. The molecular weight excluding hydrogens is 376 g/mol. The van der Waals surface area contributed by atoms with Crippen molar-refractivity contribution in [1.82, 2.24) is 0 Å². The maximum atomic E-state index is 6.25. The quantitative estimate of drug-likeness (QED) is 0.720. The highest BCUT2D eigenvalue weighted by molar-refractivity contribution is 5.59. The summed E-state index contributed by atoms with van der Waals surface area (Å²) in [6.07, 6.45) is 0.617. The van der Waals surface area contributed by atoms with Gasteiger partial charge in [0.25, 0.3) is 0 Å². The number of fused-ring (bicyclic) bond motifs is 2. The molecule has 0 unspecified atom stereocenters. The van der Waals surface area contributed by atoms with E-state index in [1.54, 1.807) is 21.3 Å². The minimum absolute atomic E-state index is 0.0292. The van der Waals surface area contributed by atoms with Crippen LogP contribution in [0.5, 0.6) is 34.5 Å². The fraction of sp³-hybridized carbons (Fsp3) is 0.455. The van der Waals surface area contributed by atoms with Crippen LogP contribution in [-0.2, 0) is 4.74 Å². The molecule has 4 rings (SSSR count). The molecule has 0 aliphatic carbocycles. The van der Waals surface area contributed by atoms with Crippen LogP contribution in [0.4, 0.5) is 0 Å². The molecule has 0 aromatic heterocycles. The Labute approximate surface area is 170 Å². The molecule has 0 radical (unpaired) electrons. The zero-order valence-corrected chi connectivity index (χ0v) is 17.4. The number of hydrogen-bond acceptors (Lipinski definition) is 7. The van der Waals surface area contributed by atoms with E-state index in [4.69, 9.17) is 33.2 Å². The largest absolute Gasteiger partial charge is 0.493 e. The van der Waals surface area contributed by atoms with Gasteiger partial charge in [0, 0.05) is 37.5 Å². The van der Waals surface area contributed by atoms with Gasteiger partial charge >= 0.3 is 0 Å². The minimum Gasteiger partial charge on any atom is -0.493 e. The first-order valence-electron chi connectivity index (χ1n) is 9.58. The van der Waals surface area contributed by atoms with Gasteiger partial charge in [0.1, 0.15) is 5.75 Å². The van der Waals surface area contributed by atoms with Crippen molar-refractivity contribution in [3.05, 3.63) is 35.4 Å². The van der Waals surface area contributed by atoms with Gasteiger partial charge < -0.3 is 33.2 Å². The second kappa shape index (κ2) is 7.55. The van der Waals surface area contributed by atoms with E-state index in [2.05, 4.69) is 0 Å². The molecule has 0 saturated carbocycles. The summed E-state index contributed by atoms with van der Waals surface area (Å²) in [5, 5.41) is 0. The van der Waals surface area contributed by atoms with Gasteiger partial charge in [0.2, 0.25) is 18.3 Å². The van der Waals surface area contributed by atoms with E-state index in [-0.39, 0.29) is 12.7 Å². The van der Waals surface area contributed by atoms with Crippen LogP contribution in [0.3, 0.4) is 0 Å². The molecule has 0 saturated heterocycles. The lowest BCUT2D eigenvalue weighted by Gasteiger charge is -2.39. The average Bonchev–Trinajstić information content (AvgIpc) is 3.17. The number of ether oxygens (including phenoxy) is 7. The highest BCUT2D eigenvalue weighted by Gasteiger charge is 2.40. The predicted molar refractivity (Wildman–Crippen MR) is 106 cm³/mol. The molecule has 7 heteroatoms. The van der Waals surface area contributed by atoms with Gasteiger partial charge in [0.15, 0.2) is 23.0 Å². The summed E-state index contributed by atoms with van der Waals surface area (Å²) in [5.41, 5.74) is 2.01. The summed E-state index contributed by atoms with van der Waals surface area (Å²) in [4.78, 5) is 0. The smallest absolute Gasteiger partial charge is 0.231 e. The Bertz CT molecular complexity index is 885. The van der Waals surface area contributed by atoms with Gasteiger partial charge in [-0.15, -0.1) is 0 Å². The van der Waals surface area contributed by atoms with E-state index in [0.29, 0.717) is 41.8 Å². The van der Waals surface area contributed by atoms with E-state index in [9.17, 15) is 0 Å². The third-order valence-corrected chi connectivity index (χ3v) is 5.32. The van der Waals surface area contributed by atoms with Gasteiger partial charge in [-0.2, -0.15) is 0 Å². The zero-order valence-electron chi connectivity index (χ0n) is 17.4. The summed E-state index contributed by atoms with van der Waals surface area (Å²) in [7, 11) is 4.82. The Kier molecular flexibility index (Phi) is 5.08. The van der Waals surface area contributed by atoms with E-state index in [0.717, 1.165) is 16.9 Å². The lowest BCUT2D eigenvalue weighted by molar-refractivity contribution is -0.179. The first kappa shape index (κ1) is 19.5. The summed E-state index contributed by atoms with van der Waals surface area (Å²) >= 11 is 0. The molecular formula is C22H26O7. The van der Waals surface area contributed by atoms with E-state index >= 15 is 0 Å². The Balaban J connectivity index is 1.86. The van der Waals surface area contributed by atoms with Crippen LogP contribution in [0, 0.1) is 0 Å². The van der Waals surface area contributed by atoms with Crippen LogP contribution < -0.4 is 28.4 Å². The van der Waals surface area contributed by atoms with Crippen LogP contribution >= 0.6 is 0 Å². The molecule has 2 atom stereocenters. The molecule has 156 valence electrons. The van der Waals surface area contributed by atoms with Crippen molar-refractivity contribution in [2.24, 2.45) is 0 Å². The second-order valence-electron chi connectivity index (χ2n) is 7.13. The molecule has 0 bridgehead atoms. The predicted octanol–water partition coefficient (Wildman–Crippen LogP) is 4.11. The van der Waals surface area contributed by atoms with Crippen LogP contribution in [0.2, 0.25) is 0 Å². The van der Waals surface area contributed by atoms with Gasteiger partial charge in [-0.25, -0.2) is 0 Å². The van der Waals surface area contributed by atoms with Crippen molar-refractivity contribution < 1.29 is 33.2 Å². The molecule has 2 aliphatic heterocycles. The highest BCUT2D eigenvalue weighted by atomic mass is 16.7. The Hall–Kier alpha value is -2.80. The topological polar surface area (TPSA) is 64.6 Å². The first-order valence-corrected chi connectivity index (χ1v) is 9.58. The molecule has 0 N–H and O–H groups in total. The fourth-order valence-electron chi connectivity index (χ4n) is 4.05. The number of benzene rings is 2. The Morgan fingerprint density at radius 3 is 2.17 bits per heavy atom. The van der Waals surface area contributed by atoms with Crippen molar-refractivity contribution >= 4 is 0 Å². The molecule has 2 heterocycles. The average molecular weight is 402 g/mol. The Morgan fingerprint density at radius 2 is 1.59 bits per heavy atom. The second-order valence-corrected chi connectivity index (χ2v) is 7.13. The van der Waals surface area contributed by atoms with Gasteiger partial charge in [-0.1, -0.05) is 0 Å². The molecule has 0 fully saturated rings. The normalized spacial score (nSPS) is 21.9. The summed E-state index contributed by atoms with van der Waals surface area (Å²) in [5.74, 6) is 3.07. The molecule has 29 heavy (non-hydrogen) atoms. The highest BCUT2D eigenvalue weighted by Crippen LogP contribution is 2.51. The van der Waals surface area contributed by atoms with Crippen molar-refractivity contribution in [1.29, 1.82) is 0 Å². The lowest BCUT2D eigenvalue weighted by atomic mass is 9.82. The number of methoxy groups -OCH3 is 3. The molecule has 2 aromatic carbocycles. The zero-order chi connectivity index (χ0) is 20.6. The van der Waals surface area contributed by atoms with Gasteiger partial charge in [-0.05, 0) is 30.7 Å². The standard InChI is InChI=1S/C22H26O7/c1-6-28-22(2)11-15(13-7-19(23-3)21(25-5)20(8-13)24-4)14-9-17-18(27-12-26-17)10-16(14)29-22/h7-10,15H,6,11-12H2,1-5H3/t15-,22-/m0/s1. The van der Waals surface area contributed by atoms with Crippen LogP contribution in [0.25, 0.3) is 0 Å².